The molecule has 1 aliphatic carbocycles. The van der Waals surface area contributed by atoms with E-state index in [9.17, 15) is 13.2 Å². The molecule has 10 heteroatoms. The molecule has 2 N–H and O–H groups in total. The average Bonchev–Trinajstić information content (AvgIpc) is 3.42. The van der Waals surface area contributed by atoms with Crippen molar-refractivity contribution in [3.8, 4) is 17.1 Å². The zero-order valence-corrected chi connectivity index (χ0v) is 19.7. The summed E-state index contributed by atoms with van der Waals surface area (Å²) in [7, 11) is -2.40. The Kier molecular flexibility index (Phi) is 5.98. The molecule has 0 atom stereocenters. The van der Waals surface area contributed by atoms with Gasteiger partial charge in [0.1, 0.15) is 10.6 Å². The van der Waals surface area contributed by atoms with E-state index in [1.54, 1.807) is 24.3 Å². The molecule has 0 spiro atoms. The molecule has 0 bridgehead atoms. The standard InChI is InChI=1S/C23H26N4O5S/c1-23(2,3)22-25-20(26-32-22)14-5-8-16(9-6-14)24-21(28)15-7-12-18(31-4)19(13-15)33(29,30)27-17-10-11-17/h5-9,12-13,17,27H,10-11H2,1-4H3,(H,24,28). The van der Waals surface area contributed by atoms with Crippen LogP contribution >= 0.6 is 0 Å². The topological polar surface area (TPSA) is 123 Å². The van der Waals surface area contributed by atoms with Crippen LogP contribution in [0, 0.1) is 0 Å². The Bertz CT molecular complexity index is 1270. The number of hydrogen-bond donors (Lipinski definition) is 2. The number of amides is 1. The summed E-state index contributed by atoms with van der Waals surface area (Å²) in [5.74, 6) is 0.740. The van der Waals surface area contributed by atoms with E-state index in [1.807, 2.05) is 20.8 Å². The number of carbonyl (C=O) groups excluding carboxylic acids is 1. The van der Waals surface area contributed by atoms with Crippen LogP contribution in [-0.4, -0.2) is 37.6 Å². The molecule has 0 aliphatic heterocycles. The minimum Gasteiger partial charge on any atom is -0.495 e. The first-order valence-electron chi connectivity index (χ1n) is 10.5. The predicted molar refractivity (Wildman–Crippen MR) is 123 cm³/mol. The maximum atomic E-state index is 12.8. The van der Waals surface area contributed by atoms with Gasteiger partial charge in [-0.25, -0.2) is 13.1 Å². The van der Waals surface area contributed by atoms with Crippen molar-refractivity contribution in [2.75, 3.05) is 12.4 Å². The van der Waals surface area contributed by atoms with E-state index < -0.39 is 15.9 Å². The van der Waals surface area contributed by atoms with Crippen molar-refractivity contribution in [3.05, 3.63) is 53.9 Å². The lowest BCUT2D eigenvalue weighted by molar-refractivity contribution is 0.102. The summed E-state index contributed by atoms with van der Waals surface area (Å²) in [6.07, 6.45) is 1.61. The van der Waals surface area contributed by atoms with Gasteiger partial charge in [0.25, 0.3) is 5.91 Å². The first-order valence-corrected chi connectivity index (χ1v) is 12.0. The van der Waals surface area contributed by atoms with Gasteiger partial charge in [-0.1, -0.05) is 25.9 Å². The van der Waals surface area contributed by atoms with Crippen LogP contribution in [0.25, 0.3) is 11.4 Å². The first kappa shape index (κ1) is 22.9. The summed E-state index contributed by atoms with van der Waals surface area (Å²) in [6.45, 7) is 5.96. The Balaban J connectivity index is 1.51. The second kappa shape index (κ2) is 8.60. The van der Waals surface area contributed by atoms with Crippen molar-refractivity contribution in [1.29, 1.82) is 0 Å². The van der Waals surface area contributed by atoms with Gasteiger partial charge in [-0.15, -0.1) is 0 Å². The van der Waals surface area contributed by atoms with Gasteiger partial charge in [-0.3, -0.25) is 4.79 Å². The molecule has 4 rings (SSSR count). The van der Waals surface area contributed by atoms with Crippen LogP contribution in [-0.2, 0) is 15.4 Å². The zero-order chi connectivity index (χ0) is 23.8. The van der Waals surface area contributed by atoms with E-state index >= 15 is 0 Å². The average molecular weight is 471 g/mol. The van der Waals surface area contributed by atoms with Crippen molar-refractivity contribution < 1.29 is 22.5 Å². The highest BCUT2D eigenvalue weighted by Crippen LogP contribution is 2.29. The van der Waals surface area contributed by atoms with Crippen LogP contribution in [0.1, 0.15) is 49.9 Å². The van der Waals surface area contributed by atoms with Crippen molar-refractivity contribution in [3.63, 3.8) is 0 Å². The summed E-state index contributed by atoms with van der Waals surface area (Å²) < 4.78 is 38.5. The summed E-state index contributed by atoms with van der Waals surface area (Å²) in [4.78, 5) is 17.1. The molecule has 3 aromatic rings. The number of nitrogens with zero attached hydrogens (tertiary/aromatic N) is 2. The number of hydrogen-bond acceptors (Lipinski definition) is 7. The van der Waals surface area contributed by atoms with Gasteiger partial charge in [0.15, 0.2) is 0 Å². The van der Waals surface area contributed by atoms with Crippen molar-refractivity contribution >= 4 is 21.6 Å². The molecule has 174 valence electrons. The number of rotatable bonds is 7. The molecule has 0 unspecified atom stereocenters. The van der Waals surface area contributed by atoms with Crippen LogP contribution in [0.15, 0.2) is 51.9 Å². The van der Waals surface area contributed by atoms with Gasteiger partial charge in [0.2, 0.25) is 21.7 Å². The van der Waals surface area contributed by atoms with E-state index in [4.69, 9.17) is 9.26 Å². The Labute approximate surface area is 192 Å². The molecule has 9 nitrogen and oxygen atoms in total. The van der Waals surface area contributed by atoms with Crippen LogP contribution < -0.4 is 14.8 Å². The maximum absolute atomic E-state index is 12.8. The van der Waals surface area contributed by atoms with Crippen molar-refractivity contribution in [2.45, 2.75) is 50.0 Å². The second-order valence-electron chi connectivity index (χ2n) is 8.97. The molecule has 0 radical (unpaired) electrons. The zero-order valence-electron chi connectivity index (χ0n) is 18.9. The summed E-state index contributed by atoms with van der Waals surface area (Å²) in [5, 5.41) is 6.79. The molecule has 1 heterocycles. The minimum absolute atomic E-state index is 0.0608. The summed E-state index contributed by atoms with van der Waals surface area (Å²) >= 11 is 0. The van der Waals surface area contributed by atoms with Crippen molar-refractivity contribution in [1.82, 2.24) is 14.9 Å². The molecular weight excluding hydrogens is 444 g/mol. The van der Waals surface area contributed by atoms with E-state index in [-0.39, 0.29) is 27.7 Å². The number of ether oxygens (including phenoxy) is 1. The van der Waals surface area contributed by atoms with Crippen LogP contribution in [0.4, 0.5) is 5.69 Å². The third-order valence-corrected chi connectivity index (χ3v) is 6.62. The van der Waals surface area contributed by atoms with Gasteiger partial charge in [-0.05, 0) is 55.3 Å². The Morgan fingerprint density at radius 1 is 1.12 bits per heavy atom. The highest BCUT2D eigenvalue weighted by molar-refractivity contribution is 7.89. The second-order valence-corrected chi connectivity index (χ2v) is 10.6. The van der Waals surface area contributed by atoms with E-state index in [0.717, 1.165) is 18.4 Å². The quantitative estimate of drug-likeness (QED) is 0.539. The van der Waals surface area contributed by atoms with E-state index in [2.05, 4.69) is 20.2 Å². The number of sulfonamides is 1. The molecule has 1 amide bonds. The summed E-state index contributed by atoms with van der Waals surface area (Å²) in [6, 6.07) is 11.2. The molecule has 1 saturated carbocycles. The fraction of sp³-hybridized carbons (Fsp3) is 0.348. The molecule has 2 aromatic carbocycles. The Hall–Kier alpha value is -3.24. The minimum atomic E-state index is -3.79. The number of methoxy groups -OCH3 is 1. The van der Waals surface area contributed by atoms with Crippen LogP contribution in [0.5, 0.6) is 5.75 Å². The fourth-order valence-electron chi connectivity index (χ4n) is 3.06. The lowest BCUT2D eigenvalue weighted by atomic mass is 9.97. The number of anilines is 1. The van der Waals surface area contributed by atoms with Gasteiger partial charge < -0.3 is 14.6 Å². The molecule has 1 fully saturated rings. The normalized spacial score (nSPS) is 14.2. The number of benzene rings is 2. The SMILES string of the molecule is COc1ccc(C(=O)Nc2ccc(-c3noc(C(C)(C)C)n3)cc2)cc1S(=O)(=O)NC1CC1. The number of carbonyl (C=O) groups is 1. The van der Waals surface area contributed by atoms with Gasteiger partial charge >= 0.3 is 0 Å². The van der Waals surface area contributed by atoms with Crippen LogP contribution in [0.2, 0.25) is 0 Å². The molecule has 33 heavy (non-hydrogen) atoms. The molecular formula is C23H26N4O5S. The predicted octanol–water partition coefficient (Wildman–Crippen LogP) is 3.74. The van der Waals surface area contributed by atoms with Gasteiger partial charge in [-0.2, -0.15) is 4.98 Å². The maximum Gasteiger partial charge on any atom is 0.255 e. The van der Waals surface area contributed by atoms with Crippen molar-refractivity contribution in [2.24, 2.45) is 0 Å². The molecule has 1 aromatic heterocycles. The largest absolute Gasteiger partial charge is 0.495 e. The third kappa shape index (κ3) is 5.23. The molecule has 0 saturated heterocycles. The smallest absolute Gasteiger partial charge is 0.255 e. The molecule has 1 aliphatic rings. The van der Waals surface area contributed by atoms with Gasteiger partial charge in [0, 0.05) is 28.3 Å². The lowest BCUT2D eigenvalue weighted by Crippen LogP contribution is -2.26. The first-order chi connectivity index (χ1) is 15.6. The Morgan fingerprint density at radius 3 is 2.39 bits per heavy atom. The summed E-state index contributed by atoms with van der Waals surface area (Å²) in [5.41, 5.74) is 1.23. The number of nitrogens with one attached hydrogen (secondary N) is 2. The fourth-order valence-corrected chi connectivity index (χ4v) is 4.56. The highest BCUT2D eigenvalue weighted by Gasteiger charge is 2.30. The number of aromatic nitrogens is 2. The Morgan fingerprint density at radius 2 is 1.82 bits per heavy atom. The highest BCUT2D eigenvalue weighted by atomic mass is 32.2. The lowest BCUT2D eigenvalue weighted by Gasteiger charge is -2.12. The van der Waals surface area contributed by atoms with Crippen LogP contribution in [0.3, 0.4) is 0 Å². The van der Waals surface area contributed by atoms with E-state index in [1.165, 1.54) is 25.3 Å². The third-order valence-electron chi connectivity index (χ3n) is 5.08. The monoisotopic (exact) mass is 470 g/mol. The van der Waals surface area contributed by atoms with E-state index in [0.29, 0.717) is 17.4 Å². The van der Waals surface area contributed by atoms with Gasteiger partial charge in [0.05, 0.1) is 7.11 Å².